The van der Waals surface area contributed by atoms with E-state index in [2.05, 4.69) is 10.1 Å². The average Bonchev–Trinajstić information content (AvgIpc) is 3.26. The molecule has 1 aliphatic rings. The lowest BCUT2D eigenvalue weighted by atomic mass is 10.1. The fraction of sp³-hybridized carbons (Fsp3) is 0.333. The maximum absolute atomic E-state index is 11.7. The van der Waals surface area contributed by atoms with Crippen LogP contribution in [0.1, 0.15) is 45.6 Å². The fourth-order valence-electron chi connectivity index (χ4n) is 3.52. The van der Waals surface area contributed by atoms with Crippen LogP contribution in [0.4, 0.5) is 0 Å². The number of aryl methyl sites for hydroxylation is 1. The molecular formula is C18H18N2O3S. The molecule has 6 heteroatoms. The molecular weight excluding hydrogens is 324 g/mol. The van der Waals surface area contributed by atoms with E-state index < -0.39 is 5.97 Å². The van der Waals surface area contributed by atoms with Crippen LogP contribution in [0.5, 0.6) is 0 Å². The summed E-state index contributed by atoms with van der Waals surface area (Å²) < 4.78 is 6.25. The van der Waals surface area contributed by atoms with Crippen LogP contribution in [0.15, 0.2) is 34.9 Å². The summed E-state index contributed by atoms with van der Waals surface area (Å²) in [5, 5.41) is 14.8. The molecule has 1 aliphatic heterocycles. The van der Waals surface area contributed by atoms with E-state index in [1.54, 1.807) is 0 Å². The summed E-state index contributed by atoms with van der Waals surface area (Å²) in [4.78, 5) is 14.4. The lowest BCUT2D eigenvalue weighted by Crippen LogP contribution is -2.23. The van der Waals surface area contributed by atoms with Crippen LogP contribution in [-0.4, -0.2) is 27.7 Å². The Morgan fingerprint density at radius 1 is 1.46 bits per heavy atom. The van der Waals surface area contributed by atoms with E-state index in [9.17, 15) is 9.90 Å². The predicted octanol–water partition coefficient (Wildman–Crippen LogP) is 4.23. The minimum Gasteiger partial charge on any atom is -0.477 e. The second kappa shape index (κ2) is 6.03. The summed E-state index contributed by atoms with van der Waals surface area (Å²) in [6.07, 6.45) is 2.11. The Morgan fingerprint density at radius 2 is 2.29 bits per heavy atom. The quantitative estimate of drug-likeness (QED) is 0.768. The first kappa shape index (κ1) is 15.4. The molecule has 2 aromatic heterocycles. The van der Waals surface area contributed by atoms with Crippen molar-refractivity contribution >= 4 is 27.4 Å². The summed E-state index contributed by atoms with van der Waals surface area (Å²) in [7, 11) is 0. The van der Waals surface area contributed by atoms with Gasteiger partial charge in [0.25, 0.3) is 0 Å². The van der Waals surface area contributed by atoms with E-state index in [1.807, 2.05) is 37.3 Å². The first-order valence-electron chi connectivity index (χ1n) is 8.04. The molecule has 1 atom stereocenters. The molecule has 0 aliphatic carbocycles. The van der Waals surface area contributed by atoms with Gasteiger partial charge in [0.15, 0.2) is 0 Å². The third kappa shape index (κ3) is 2.61. The van der Waals surface area contributed by atoms with Gasteiger partial charge in [-0.3, -0.25) is 4.90 Å². The SMILES string of the molecule is Cc1cc(C2CCCN2Cc2c(C(=O)O)sc3ccccc23)no1. The van der Waals surface area contributed by atoms with Gasteiger partial charge in [0, 0.05) is 17.3 Å². The number of aromatic carboxylic acids is 1. The summed E-state index contributed by atoms with van der Waals surface area (Å²) >= 11 is 1.36. The highest BCUT2D eigenvalue weighted by Crippen LogP contribution is 2.37. The van der Waals surface area contributed by atoms with Gasteiger partial charge in [-0.05, 0) is 43.3 Å². The molecule has 0 amide bonds. The van der Waals surface area contributed by atoms with Crippen LogP contribution in [0.3, 0.4) is 0 Å². The van der Waals surface area contributed by atoms with Gasteiger partial charge in [-0.25, -0.2) is 4.79 Å². The maximum atomic E-state index is 11.7. The second-order valence-electron chi connectivity index (χ2n) is 6.20. The molecule has 4 rings (SSSR count). The summed E-state index contributed by atoms with van der Waals surface area (Å²) in [6, 6.07) is 10.1. The van der Waals surface area contributed by atoms with Crippen LogP contribution in [0, 0.1) is 6.92 Å². The summed E-state index contributed by atoms with van der Waals surface area (Å²) in [6.45, 7) is 3.47. The van der Waals surface area contributed by atoms with Crippen molar-refractivity contribution in [2.75, 3.05) is 6.54 Å². The Hall–Kier alpha value is -2.18. The van der Waals surface area contributed by atoms with Crippen LogP contribution in [0.25, 0.3) is 10.1 Å². The third-order valence-electron chi connectivity index (χ3n) is 4.60. The molecule has 1 fully saturated rings. The molecule has 1 aromatic carbocycles. The van der Waals surface area contributed by atoms with Crippen molar-refractivity contribution in [3.8, 4) is 0 Å². The molecule has 3 aromatic rings. The van der Waals surface area contributed by atoms with Gasteiger partial charge < -0.3 is 9.63 Å². The Kier molecular flexibility index (Phi) is 3.86. The van der Waals surface area contributed by atoms with Crippen molar-refractivity contribution in [3.05, 3.63) is 52.2 Å². The second-order valence-corrected chi connectivity index (χ2v) is 7.25. The number of carboxylic acid groups (broad SMARTS) is 1. The normalized spacial score (nSPS) is 18.5. The van der Waals surface area contributed by atoms with Gasteiger partial charge in [-0.15, -0.1) is 11.3 Å². The Balaban J connectivity index is 1.70. The predicted molar refractivity (Wildman–Crippen MR) is 92.4 cm³/mol. The molecule has 1 N–H and O–H groups in total. The number of rotatable bonds is 4. The highest BCUT2D eigenvalue weighted by molar-refractivity contribution is 7.21. The van der Waals surface area contributed by atoms with E-state index in [0.29, 0.717) is 11.4 Å². The number of benzene rings is 1. The third-order valence-corrected chi connectivity index (χ3v) is 5.81. The van der Waals surface area contributed by atoms with Gasteiger partial charge in [-0.2, -0.15) is 0 Å². The van der Waals surface area contributed by atoms with E-state index in [1.165, 1.54) is 11.3 Å². The average molecular weight is 342 g/mol. The van der Waals surface area contributed by atoms with E-state index in [-0.39, 0.29) is 6.04 Å². The number of carboxylic acids is 1. The maximum Gasteiger partial charge on any atom is 0.346 e. The Labute approximate surface area is 143 Å². The molecule has 1 saturated heterocycles. The van der Waals surface area contributed by atoms with Crippen LogP contribution in [0.2, 0.25) is 0 Å². The molecule has 0 bridgehead atoms. The van der Waals surface area contributed by atoms with E-state index in [0.717, 1.165) is 46.5 Å². The van der Waals surface area contributed by atoms with Gasteiger partial charge in [0.2, 0.25) is 0 Å². The minimum absolute atomic E-state index is 0.197. The van der Waals surface area contributed by atoms with Gasteiger partial charge in [-0.1, -0.05) is 23.4 Å². The molecule has 0 saturated carbocycles. The highest BCUT2D eigenvalue weighted by Gasteiger charge is 2.30. The lowest BCUT2D eigenvalue weighted by molar-refractivity contribution is 0.0700. The number of nitrogens with zero attached hydrogens (tertiary/aromatic N) is 2. The molecule has 1 unspecified atom stereocenters. The number of thiophene rings is 1. The van der Waals surface area contributed by atoms with Crippen LogP contribution >= 0.6 is 11.3 Å². The molecule has 24 heavy (non-hydrogen) atoms. The Bertz CT molecular complexity index is 899. The topological polar surface area (TPSA) is 66.6 Å². The molecule has 124 valence electrons. The van der Waals surface area contributed by atoms with Crippen molar-refractivity contribution in [1.29, 1.82) is 0 Å². The lowest BCUT2D eigenvalue weighted by Gasteiger charge is -2.22. The van der Waals surface area contributed by atoms with Gasteiger partial charge in [0.05, 0.1) is 6.04 Å². The largest absolute Gasteiger partial charge is 0.477 e. The zero-order valence-electron chi connectivity index (χ0n) is 13.4. The smallest absolute Gasteiger partial charge is 0.346 e. The highest BCUT2D eigenvalue weighted by atomic mass is 32.1. The van der Waals surface area contributed by atoms with E-state index >= 15 is 0 Å². The summed E-state index contributed by atoms with van der Waals surface area (Å²) in [5.41, 5.74) is 1.86. The zero-order chi connectivity index (χ0) is 16.7. The number of hydrogen-bond donors (Lipinski definition) is 1. The minimum atomic E-state index is -0.848. The molecule has 3 heterocycles. The standard InChI is InChI=1S/C18H18N2O3S/c1-11-9-14(19-23-11)15-6-4-8-20(15)10-13-12-5-2-3-7-16(12)24-17(13)18(21)22/h2-3,5,7,9,15H,4,6,8,10H2,1H3,(H,21,22). The van der Waals surface area contributed by atoms with Crippen LogP contribution in [-0.2, 0) is 6.54 Å². The fourth-order valence-corrected chi connectivity index (χ4v) is 4.58. The number of aromatic nitrogens is 1. The van der Waals surface area contributed by atoms with E-state index in [4.69, 9.17) is 4.52 Å². The van der Waals surface area contributed by atoms with Gasteiger partial charge in [0.1, 0.15) is 16.3 Å². The van der Waals surface area contributed by atoms with Crippen molar-refractivity contribution in [2.24, 2.45) is 0 Å². The Morgan fingerprint density at radius 3 is 3.04 bits per heavy atom. The number of fused-ring (bicyclic) bond motifs is 1. The first-order chi connectivity index (χ1) is 11.6. The number of hydrogen-bond acceptors (Lipinski definition) is 5. The molecule has 0 radical (unpaired) electrons. The van der Waals surface area contributed by atoms with Crippen molar-refractivity contribution in [1.82, 2.24) is 10.1 Å². The summed E-state index contributed by atoms with van der Waals surface area (Å²) in [5.74, 6) is -0.0386. The monoisotopic (exact) mass is 342 g/mol. The first-order valence-corrected chi connectivity index (χ1v) is 8.86. The van der Waals surface area contributed by atoms with Crippen molar-refractivity contribution in [2.45, 2.75) is 32.4 Å². The number of carbonyl (C=O) groups is 1. The number of likely N-dealkylation sites (tertiary alicyclic amines) is 1. The molecule has 0 spiro atoms. The van der Waals surface area contributed by atoms with Crippen LogP contribution < -0.4 is 0 Å². The molecule has 5 nitrogen and oxygen atoms in total. The zero-order valence-corrected chi connectivity index (χ0v) is 14.2. The van der Waals surface area contributed by atoms with Gasteiger partial charge >= 0.3 is 5.97 Å². The van der Waals surface area contributed by atoms with Crippen molar-refractivity contribution in [3.63, 3.8) is 0 Å². The van der Waals surface area contributed by atoms with Crippen molar-refractivity contribution < 1.29 is 14.4 Å².